The van der Waals surface area contributed by atoms with Gasteiger partial charge in [0.2, 0.25) is 0 Å². The number of phenolic OH excluding ortho intramolecular Hbond substituents is 1. The lowest BCUT2D eigenvalue weighted by atomic mass is 10.1. The fourth-order valence-corrected chi connectivity index (χ4v) is 1.91. The molecule has 1 atom stereocenters. The van der Waals surface area contributed by atoms with Gasteiger partial charge >= 0.3 is 0 Å². The summed E-state index contributed by atoms with van der Waals surface area (Å²) >= 11 is 0. The van der Waals surface area contributed by atoms with Gasteiger partial charge in [0.15, 0.2) is 0 Å². The number of anilines is 1. The maximum Gasteiger partial charge on any atom is 0.251 e. The number of hydrogen-bond acceptors (Lipinski definition) is 4. The van der Waals surface area contributed by atoms with E-state index in [1.165, 1.54) is 12.1 Å². The summed E-state index contributed by atoms with van der Waals surface area (Å²) in [4.78, 5) is 14.2. The molecule has 0 heterocycles. The largest absolute Gasteiger partial charge is 0.506 e. The minimum Gasteiger partial charge on any atom is -0.506 e. The predicted molar refractivity (Wildman–Crippen MR) is 77.2 cm³/mol. The van der Waals surface area contributed by atoms with Gasteiger partial charge in [0.1, 0.15) is 5.75 Å². The van der Waals surface area contributed by atoms with Crippen LogP contribution in [0, 0.1) is 0 Å². The summed E-state index contributed by atoms with van der Waals surface area (Å²) in [6.07, 6.45) is 0. The van der Waals surface area contributed by atoms with Crippen LogP contribution in [-0.2, 0) is 0 Å². The van der Waals surface area contributed by atoms with Gasteiger partial charge in [0.25, 0.3) is 5.91 Å². The topological polar surface area (TPSA) is 78.6 Å². The van der Waals surface area contributed by atoms with Crippen molar-refractivity contribution in [3.63, 3.8) is 0 Å². The fourth-order valence-electron chi connectivity index (χ4n) is 1.91. The number of benzene rings is 1. The van der Waals surface area contributed by atoms with Crippen LogP contribution in [0.1, 0.15) is 31.1 Å². The molecule has 0 radical (unpaired) electrons. The molecule has 0 saturated heterocycles. The van der Waals surface area contributed by atoms with Gasteiger partial charge in [-0.15, -0.1) is 0 Å². The van der Waals surface area contributed by atoms with Crippen LogP contribution in [0.2, 0.25) is 0 Å². The van der Waals surface area contributed by atoms with Crippen LogP contribution in [0.3, 0.4) is 0 Å². The molecule has 4 N–H and O–H groups in total. The van der Waals surface area contributed by atoms with Crippen LogP contribution >= 0.6 is 0 Å². The highest BCUT2D eigenvalue weighted by Gasteiger charge is 2.13. The number of phenols is 1. The van der Waals surface area contributed by atoms with Gasteiger partial charge in [0, 0.05) is 18.2 Å². The van der Waals surface area contributed by atoms with Gasteiger partial charge in [-0.05, 0) is 38.2 Å². The maximum absolute atomic E-state index is 12.0. The molecule has 0 saturated carbocycles. The first kappa shape index (κ1) is 15.3. The summed E-state index contributed by atoms with van der Waals surface area (Å²) in [6.45, 7) is 8.87. The standard InChI is InChI=1S/C14H23N3O2/c1-4-17(5-2)9-10(3)16-14(19)11-6-7-12(15)13(18)8-11/h6-8,10,18H,4-5,9,15H2,1-3H3,(H,16,19). The molecule has 19 heavy (non-hydrogen) atoms. The number of aromatic hydroxyl groups is 1. The molecule has 1 unspecified atom stereocenters. The van der Waals surface area contributed by atoms with Crippen molar-refractivity contribution in [3.8, 4) is 5.75 Å². The number of hydrogen-bond donors (Lipinski definition) is 3. The monoisotopic (exact) mass is 265 g/mol. The highest BCUT2D eigenvalue weighted by atomic mass is 16.3. The van der Waals surface area contributed by atoms with E-state index in [0.29, 0.717) is 5.56 Å². The first-order chi connectivity index (χ1) is 8.97. The van der Waals surface area contributed by atoms with Crippen molar-refractivity contribution in [2.24, 2.45) is 0 Å². The zero-order valence-corrected chi connectivity index (χ0v) is 11.8. The number of nitrogens with one attached hydrogen (secondary N) is 1. The lowest BCUT2D eigenvalue weighted by Crippen LogP contribution is -2.41. The Kier molecular flexibility index (Phi) is 5.63. The third-order valence-corrected chi connectivity index (χ3v) is 3.10. The average Bonchev–Trinajstić information content (AvgIpc) is 2.38. The minimum atomic E-state index is -0.199. The molecule has 1 aromatic carbocycles. The van der Waals surface area contributed by atoms with Gasteiger partial charge in [-0.2, -0.15) is 0 Å². The number of nitrogens with zero attached hydrogens (tertiary/aromatic N) is 1. The Bertz CT molecular complexity index is 431. The lowest BCUT2D eigenvalue weighted by molar-refractivity contribution is 0.0930. The zero-order chi connectivity index (χ0) is 14.4. The number of rotatable bonds is 6. The first-order valence-corrected chi connectivity index (χ1v) is 6.59. The predicted octanol–water partition coefficient (Wildman–Crippen LogP) is 1.43. The van der Waals surface area contributed by atoms with E-state index in [9.17, 15) is 9.90 Å². The molecule has 1 rings (SSSR count). The molecule has 0 aliphatic rings. The molecule has 1 aromatic rings. The molecule has 0 fully saturated rings. The Labute approximate surface area is 114 Å². The van der Waals surface area contributed by atoms with E-state index in [-0.39, 0.29) is 23.4 Å². The molecule has 5 heteroatoms. The second-order valence-electron chi connectivity index (χ2n) is 4.63. The molecular weight excluding hydrogens is 242 g/mol. The van der Waals surface area contributed by atoms with Gasteiger partial charge in [-0.1, -0.05) is 13.8 Å². The number of carbonyl (C=O) groups excluding carboxylic acids is 1. The number of nitrogens with two attached hydrogens (primary N) is 1. The molecule has 0 aliphatic heterocycles. The van der Waals surface area contributed by atoms with Crippen LogP contribution in [0.15, 0.2) is 18.2 Å². The van der Waals surface area contributed by atoms with Crippen molar-refractivity contribution in [1.82, 2.24) is 10.2 Å². The van der Waals surface area contributed by atoms with Gasteiger partial charge < -0.3 is 21.1 Å². The average molecular weight is 265 g/mol. The van der Waals surface area contributed by atoms with Crippen molar-refractivity contribution < 1.29 is 9.90 Å². The van der Waals surface area contributed by atoms with E-state index in [2.05, 4.69) is 24.1 Å². The van der Waals surface area contributed by atoms with E-state index in [1.54, 1.807) is 6.07 Å². The first-order valence-electron chi connectivity index (χ1n) is 6.59. The van der Waals surface area contributed by atoms with Crippen LogP contribution < -0.4 is 11.1 Å². The quantitative estimate of drug-likeness (QED) is 0.537. The van der Waals surface area contributed by atoms with Crippen molar-refractivity contribution >= 4 is 11.6 Å². The Morgan fingerprint density at radius 1 is 1.42 bits per heavy atom. The molecular formula is C14H23N3O2. The molecule has 0 bridgehead atoms. The summed E-state index contributed by atoms with van der Waals surface area (Å²) in [5.41, 5.74) is 6.19. The molecule has 5 nitrogen and oxygen atoms in total. The second kappa shape index (κ2) is 6.99. The summed E-state index contributed by atoms with van der Waals surface area (Å²) in [5, 5.41) is 12.4. The number of carbonyl (C=O) groups is 1. The number of likely N-dealkylation sites (N-methyl/N-ethyl adjacent to an activating group) is 1. The molecule has 0 aromatic heterocycles. The Morgan fingerprint density at radius 2 is 2.05 bits per heavy atom. The minimum absolute atomic E-state index is 0.0482. The highest BCUT2D eigenvalue weighted by Crippen LogP contribution is 2.20. The van der Waals surface area contributed by atoms with Crippen LogP contribution in [0.25, 0.3) is 0 Å². The van der Waals surface area contributed by atoms with E-state index in [0.717, 1.165) is 19.6 Å². The van der Waals surface area contributed by atoms with Gasteiger partial charge in [-0.3, -0.25) is 4.79 Å². The third kappa shape index (κ3) is 4.44. The van der Waals surface area contributed by atoms with Crippen LogP contribution in [0.4, 0.5) is 5.69 Å². The highest BCUT2D eigenvalue weighted by molar-refractivity contribution is 5.95. The Morgan fingerprint density at radius 3 is 2.58 bits per heavy atom. The van der Waals surface area contributed by atoms with Crippen molar-refractivity contribution in [1.29, 1.82) is 0 Å². The van der Waals surface area contributed by atoms with Crippen molar-refractivity contribution in [2.45, 2.75) is 26.8 Å². The summed E-state index contributed by atoms with van der Waals surface area (Å²) in [7, 11) is 0. The summed E-state index contributed by atoms with van der Waals surface area (Å²) in [6, 6.07) is 4.56. The zero-order valence-electron chi connectivity index (χ0n) is 11.8. The smallest absolute Gasteiger partial charge is 0.251 e. The molecule has 106 valence electrons. The SMILES string of the molecule is CCN(CC)CC(C)NC(=O)c1ccc(N)c(O)c1. The fraction of sp³-hybridized carbons (Fsp3) is 0.500. The molecule has 0 spiro atoms. The Balaban J connectivity index is 2.61. The normalized spacial score (nSPS) is 12.4. The maximum atomic E-state index is 12.0. The van der Waals surface area contributed by atoms with E-state index in [1.807, 2.05) is 6.92 Å². The van der Waals surface area contributed by atoms with Crippen molar-refractivity contribution in [2.75, 3.05) is 25.4 Å². The van der Waals surface area contributed by atoms with E-state index >= 15 is 0 Å². The van der Waals surface area contributed by atoms with Crippen molar-refractivity contribution in [3.05, 3.63) is 23.8 Å². The lowest BCUT2D eigenvalue weighted by Gasteiger charge is -2.23. The van der Waals surface area contributed by atoms with Gasteiger partial charge in [0.05, 0.1) is 5.69 Å². The summed E-state index contributed by atoms with van der Waals surface area (Å²) in [5.74, 6) is -0.265. The molecule has 1 amide bonds. The van der Waals surface area contributed by atoms with Gasteiger partial charge in [-0.25, -0.2) is 0 Å². The number of amides is 1. The van der Waals surface area contributed by atoms with Crippen LogP contribution in [0.5, 0.6) is 5.75 Å². The summed E-state index contributed by atoms with van der Waals surface area (Å²) < 4.78 is 0. The number of nitrogen functional groups attached to an aromatic ring is 1. The van der Waals surface area contributed by atoms with Crippen LogP contribution in [-0.4, -0.2) is 41.6 Å². The third-order valence-electron chi connectivity index (χ3n) is 3.10. The molecule has 0 aliphatic carbocycles. The van der Waals surface area contributed by atoms with E-state index < -0.39 is 0 Å². The Hall–Kier alpha value is -1.75. The second-order valence-corrected chi connectivity index (χ2v) is 4.63. The van der Waals surface area contributed by atoms with E-state index in [4.69, 9.17) is 5.73 Å².